The van der Waals surface area contributed by atoms with Crippen LogP contribution in [0.1, 0.15) is 31.9 Å². The molecule has 0 aliphatic carbocycles. The van der Waals surface area contributed by atoms with Crippen molar-refractivity contribution < 1.29 is 0 Å². The molecule has 0 unspecified atom stereocenters. The number of rotatable bonds is 0. The van der Waals surface area contributed by atoms with Crippen molar-refractivity contribution in [1.82, 2.24) is 4.40 Å². The average Bonchev–Trinajstić information content (AvgIpc) is 3.04. The van der Waals surface area contributed by atoms with Gasteiger partial charge in [0.25, 0.3) is 0 Å². The Morgan fingerprint density at radius 3 is 2.21 bits per heavy atom. The molecule has 0 amide bonds. The van der Waals surface area contributed by atoms with E-state index in [1.807, 2.05) is 0 Å². The number of aromatic nitrogens is 1. The molecule has 5 rings (SSSR count). The third-order valence-electron chi connectivity index (χ3n) is 5.34. The molecule has 0 fully saturated rings. The largest absolute Gasteiger partial charge is 0.308 e. The normalized spacial score (nSPS) is 13.0. The Morgan fingerprint density at radius 2 is 1.46 bits per heavy atom. The lowest BCUT2D eigenvalue weighted by atomic mass is 9.86. The van der Waals surface area contributed by atoms with Crippen molar-refractivity contribution in [2.24, 2.45) is 0 Å². The summed E-state index contributed by atoms with van der Waals surface area (Å²) >= 11 is 0. The molecule has 2 heterocycles. The van der Waals surface area contributed by atoms with E-state index in [1.165, 1.54) is 49.2 Å². The SMILES string of the molecule is Cc1ccc2c3cccc4c5cc(C(C)(C)C)ccc5n(c2c1)c43. The maximum absolute atomic E-state index is 2.45. The van der Waals surface area contributed by atoms with Crippen LogP contribution in [0.5, 0.6) is 0 Å². The van der Waals surface area contributed by atoms with E-state index in [9.17, 15) is 0 Å². The molecule has 0 radical (unpaired) electrons. The zero-order valence-electron chi connectivity index (χ0n) is 14.6. The van der Waals surface area contributed by atoms with Crippen LogP contribution in [0.25, 0.3) is 38.1 Å². The number of nitrogens with zero attached hydrogens (tertiary/aromatic N) is 1. The molecule has 0 saturated heterocycles. The van der Waals surface area contributed by atoms with Gasteiger partial charge in [-0.2, -0.15) is 0 Å². The molecule has 0 saturated carbocycles. The van der Waals surface area contributed by atoms with Gasteiger partial charge in [-0.15, -0.1) is 0 Å². The van der Waals surface area contributed by atoms with Crippen molar-refractivity contribution in [3.8, 4) is 0 Å². The van der Waals surface area contributed by atoms with Crippen LogP contribution >= 0.6 is 0 Å². The summed E-state index contributed by atoms with van der Waals surface area (Å²) in [7, 11) is 0. The van der Waals surface area contributed by atoms with Crippen LogP contribution in [0.15, 0.2) is 54.6 Å². The molecule has 1 nitrogen and oxygen atoms in total. The van der Waals surface area contributed by atoms with Gasteiger partial charge in [0.2, 0.25) is 0 Å². The van der Waals surface area contributed by atoms with Crippen molar-refractivity contribution >= 4 is 38.1 Å². The molecule has 0 N–H and O–H groups in total. The molecule has 0 aliphatic heterocycles. The van der Waals surface area contributed by atoms with Crippen LogP contribution < -0.4 is 0 Å². The molecule has 2 aromatic heterocycles. The lowest BCUT2D eigenvalue weighted by Gasteiger charge is -2.19. The highest BCUT2D eigenvalue weighted by Crippen LogP contribution is 2.40. The van der Waals surface area contributed by atoms with Gasteiger partial charge in [0.05, 0.1) is 16.6 Å². The predicted molar refractivity (Wildman–Crippen MR) is 105 cm³/mol. The Labute approximate surface area is 141 Å². The molecule has 118 valence electrons. The summed E-state index contributed by atoms with van der Waals surface area (Å²) in [5, 5.41) is 5.44. The Kier molecular flexibility index (Phi) is 2.48. The van der Waals surface area contributed by atoms with Crippen molar-refractivity contribution in [3.05, 3.63) is 65.7 Å². The Balaban J connectivity index is 2.07. The van der Waals surface area contributed by atoms with E-state index in [0.717, 1.165) is 0 Å². The third kappa shape index (κ3) is 1.65. The molecule has 1 heteroatoms. The van der Waals surface area contributed by atoms with Gasteiger partial charge in [-0.3, -0.25) is 0 Å². The maximum Gasteiger partial charge on any atom is 0.0620 e. The van der Waals surface area contributed by atoms with Crippen LogP contribution in [0, 0.1) is 6.92 Å². The monoisotopic (exact) mass is 311 g/mol. The second-order valence-corrected chi connectivity index (χ2v) is 8.04. The molecule has 0 bridgehead atoms. The molecule has 0 spiro atoms. The van der Waals surface area contributed by atoms with Gasteiger partial charge in [0.1, 0.15) is 0 Å². The maximum atomic E-state index is 2.45. The van der Waals surface area contributed by atoms with Crippen molar-refractivity contribution in [3.63, 3.8) is 0 Å². The van der Waals surface area contributed by atoms with Crippen LogP contribution in [0.4, 0.5) is 0 Å². The van der Waals surface area contributed by atoms with Gasteiger partial charge in [-0.25, -0.2) is 0 Å². The van der Waals surface area contributed by atoms with Gasteiger partial charge in [-0.05, 0) is 41.7 Å². The van der Waals surface area contributed by atoms with Crippen molar-refractivity contribution in [1.29, 1.82) is 0 Å². The molecule has 5 aromatic rings. The van der Waals surface area contributed by atoms with E-state index >= 15 is 0 Å². The van der Waals surface area contributed by atoms with Crippen LogP contribution in [0.3, 0.4) is 0 Å². The summed E-state index contributed by atoms with van der Waals surface area (Å²) in [4.78, 5) is 0. The lowest BCUT2D eigenvalue weighted by molar-refractivity contribution is 0.591. The summed E-state index contributed by atoms with van der Waals surface area (Å²) in [5.74, 6) is 0. The van der Waals surface area contributed by atoms with E-state index < -0.39 is 0 Å². The molecule has 0 atom stereocenters. The van der Waals surface area contributed by atoms with E-state index in [2.05, 4.69) is 86.7 Å². The molecule has 0 aliphatic rings. The lowest BCUT2D eigenvalue weighted by Crippen LogP contribution is -2.10. The first-order valence-electron chi connectivity index (χ1n) is 8.64. The molecular formula is C23H21N. The second-order valence-electron chi connectivity index (χ2n) is 8.04. The second kappa shape index (κ2) is 4.30. The highest BCUT2D eigenvalue weighted by molar-refractivity contribution is 6.23. The summed E-state index contributed by atoms with van der Waals surface area (Å²) in [6, 6.07) is 20.5. The van der Waals surface area contributed by atoms with Gasteiger partial charge in [0, 0.05) is 21.5 Å². The van der Waals surface area contributed by atoms with Gasteiger partial charge >= 0.3 is 0 Å². The first-order valence-corrected chi connectivity index (χ1v) is 8.64. The quantitative estimate of drug-likeness (QED) is 0.310. The minimum absolute atomic E-state index is 0.166. The first-order chi connectivity index (χ1) is 11.4. The Morgan fingerprint density at radius 1 is 0.708 bits per heavy atom. The topological polar surface area (TPSA) is 4.41 Å². The predicted octanol–water partition coefficient (Wildman–Crippen LogP) is 6.44. The number of benzene rings is 3. The molecule has 3 aromatic carbocycles. The summed E-state index contributed by atoms with van der Waals surface area (Å²) in [6.45, 7) is 9.01. The third-order valence-corrected chi connectivity index (χ3v) is 5.34. The molecular weight excluding hydrogens is 290 g/mol. The fourth-order valence-corrected chi connectivity index (χ4v) is 4.06. The van der Waals surface area contributed by atoms with Crippen LogP contribution in [0.2, 0.25) is 0 Å². The minimum Gasteiger partial charge on any atom is -0.308 e. The number of fused-ring (bicyclic) bond motifs is 6. The average molecular weight is 311 g/mol. The number of aryl methyl sites for hydroxylation is 1. The summed E-state index contributed by atoms with van der Waals surface area (Å²) in [6.07, 6.45) is 0. The summed E-state index contributed by atoms with van der Waals surface area (Å²) < 4.78 is 2.45. The Bertz CT molecular complexity index is 1230. The highest BCUT2D eigenvalue weighted by atomic mass is 14.9. The van der Waals surface area contributed by atoms with Crippen LogP contribution in [-0.4, -0.2) is 4.40 Å². The van der Waals surface area contributed by atoms with E-state index in [-0.39, 0.29) is 5.41 Å². The van der Waals surface area contributed by atoms with Crippen molar-refractivity contribution in [2.45, 2.75) is 33.1 Å². The highest BCUT2D eigenvalue weighted by Gasteiger charge is 2.19. The summed E-state index contributed by atoms with van der Waals surface area (Å²) in [5.41, 5.74) is 6.86. The number of hydrogen-bond acceptors (Lipinski definition) is 0. The fourth-order valence-electron chi connectivity index (χ4n) is 4.06. The van der Waals surface area contributed by atoms with Gasteiger partial charge in [-0.1, -0.05) is 57.2 Å². The molecule has 24 heavy (non-hydrogen) atoms. The van der Waals surface area contributed by atoms with Crippen LogP contribution in [-0.2, 0) is 5.41 Å². The first kappa shape index (κ1) is 13.9. The van der Waals surface area contributed by atoms with Gasteiger partial charge < -0.3 is 4.40 Å². The zero-order valence-corrected chi connectivity index (χ0v) is 14.6. The number of hydrogen-bond donors (Lipinski definition) is 0. The van der Waals surface area contributed by atoms with E-state index in [4.69, 9.17) is 0 Å². The van der Waals surface area contributed by atoms with Crippen molar-refractivity contribution in [2.75, 3.05) is 0 Å². The number of para-hydroxylation sites is 1. The standard InChI is InChI=1S/C23H21N/c1-14-8-10-16-17-6-5-7-18-19-13-15(23(2,3)4)9-11-20(19)24(22(17)18)21(16)12-14/h5-13H,1-4H3. The van der Waals surface area contributed by atoms with Gasteiger partial charge in [0.15, 0.2) is 0 Å². The smallest absolute Gasteiger partial charge is 0.0620 e. The van der Waals surface area contributed by atoms with E-state index in [1.54, 1.807) is 0 Å². The minimum atomic E-state index is 0.166. The fraction of sp³-hybridized carbons (Fsp3) is 0.217. The Hall–Kier alpha value is -2.54. The zero-order chi connectivity index (χ0) is 16.6. The van der Waals surface area contributed by atoms with E-state index in [0.29, 0.717) is 0 Å².